The van der Waals surface area contributed by atoms with Crippen molar-refractivity contribution in [1.29, 1.82) is 0 Å². The van der Waals surface area contributed by atoms with Crippen molar-refractivity contribution >= 4 is 23.2 Å². The Balaban J connectivity index is 1.71. The Kier molecular flexibility index (Phi) is 6.04. The first-order valence-corrected chi connectivity index (χ1v) is 9.99. The van der Waals surface area contributed by atoms with Gasteiger partial charge in [-0.1, -0.05) is 62.4 Å². The standard InChI is InChI=1S/C20H25N3O2S/c1-13-17(26-20(22-13)15-10-6-3-7-11-15)19(25)23-16(18(21)24)12-14-8-4-2-5-9-14/h3,6-7,10-11,14,16H,2,4-5,8-9,12H2,1H3,(H2,21,24)(H,23,25)/t16-/m0/s1. The van der Waals surface area contributed by atoms with E-state index in [0.29, 0.717) is 22.9 Å². The summed E-state index contributed by atoms with van der Waals surface area (Å²) in [6.45, 7) is 1.82. The van der Waals surface area contributed by atoms with Gasteiger partial charge < -0.3 is 11.1 Å². The summed E-state index contributed by atoms with van der Waals surface area (Å²) >= 11 is 1.35. The van der Waals surface area contributed by atoms with Gasteiger partial charge in [0.25, 0.3) is 5.91 Å². The quantitative estimate of drug-likeness (QED) is 0.812. The number of nitrogens with two attached hydrogens (primary N) is 1. The maximum absolute atomic E-state index is 12.7. The normalized spacial score (nSPS) is 16.2. The molecule has 1 atom stereocenters. The van der Waals surface area contributed by atoms with E-state index in [-0.39, 0.29) is 5.91 Å². The van der Waals surface area contributed by atoms with E-state index >= 15 is 0 Å². The molecule has 1 aliphatic rings. The van der Waals surface area contributed by atoms with E-state index in [1.54, 1.807) is 0 Å². The zero-order chi connectivity index (χ0) is 18.5. The van der Waals surface area contributed by atoms with E-state index in [2.05, 4.69) is 10.3 Å². The van der Waals surface area contributed by atoms with Crippen LogP contribution in [0.4, 0.5) is 0 Å². The number of aryl methyl sites for hydroxylation is 1. The molecule has 0 bridgehead atoms. The molecule has 138 valence electrons. The molecule has 1 aromatic heterocycles. The largest absolute Gasteiger partial charge is 0.368 e. The lowest BCUT2D eigenvalue weighted by Gasteiger charge is -2.25. The maximum atomic E-state index is 12.7. The van der Waals surface area contributed by atoms with Crippen LogP contribution in [0.3, 0.4) is 0 Å². The zero-order valence-corrected chi connectivity index (χ0v) is 15.8. The molecule has 26 heavy (non-hydrogen) atoms. The average Bonchev–Trinajstić information content (AvgIpc) is 3.04. The fraction of sp³-hybridized carbons (Fsp3) is 0.450. The zero-order valence-electron chi connectivity index (χ0n) is 15.0. The molecular weight excluding hydrogens is 346 g/mol. The predicted molar refractivity (Wildman–Crippen MR) is 104 cm³/mol. The second-order valence-electron chi connectivity index (χ2n) is 6.97. The summed E-state index contributed by atoms with van der Waals surface area (Å²) < 4.78 is 0. The predicted octanol–water partition coefficient (Wildman–Crippen LogP) is 3.67. The summed E-state index contributed by atoms with van der Waals surface area (Å²) in [7, 11) is 0. The van der Waals surface area contributed by atoms with Crippen molar-refractivity contribution in [3.8, 4) is 10.6 Å². The lowest BCUT2D eigenvalue weighted by molar-refractivity contribution is -0.120. The summed E-state index contributed by atoms with van der Waals surface area (Å²) in [5, 5.41) is 3.64. The fourth-order valence-corrected chi connectivity index (χ4v) is 4.51. The number of amides is 2. The monoisotopic (exact) mass is 371 g/mol. The number of hydrogen-bond acceptors (Lipinski definition) is 4. The average molecular weight is 372 g/mol. The van der Waals surface area contributed by atoms with Crippen LogP contribution in [-0.4, -0.2) is 22.8 Å². The van der Waals surface area contributed by atoms with Crippen LogP contribution in [0.15, 0.2) is 30.3 Å². The van der Waals surface area contributed by atoms with Gasteiger partial charge in [-0.3, -0.25) is 9.59 Å². The molecule has 3 rings (SSSR count). The van der Waals surface area contributed by atoms with Crippen LogP contribution in [0.5, 0.6) is 0 Å². The first-order valence-electron chi connectivity index (χ1n) is 9.17. The number of primary amides is 1. The van der Waals surface area contributed by atoms with Crippen LogP contribution in [-0.2, 0) is 4.79 Å². The first-order chi connectivity index (χ1) is 12.5. The second kappa shape index (κ2) is 8.45. The molecule has 0 unspecified atom stereocenters. The molecule has 1 heterocycles. The molecule has 1 aromatic carbocycles. The lowest BCUT2D eigenvalue weighted by Crippen LogP contribution is -2.45. The molecule has 6 heteroatoms. The molecule has 3 N–H and O–H groups in total. The minimum atomic E-state index is -0.618. The summed E-state index contributed by atoms with van der Waals surface area (Å²) in [6, 6.07) is 9.15. The van der Waals surface area contributed by atoms with Gasteiger partial charge in [-0.25, -0.2) is 4.98 Å². The Labute approximate surface area is 158 Å². The summed E-state index contributed by atoms with van der Waals surface area (Å²) in [4.78, 5) is 29.6. The van der Waals surface area contributed by atoms with Gasteiger partial charge in [0.15, 0.2) is 0 Å². The lowest BCUT2D eigenvalue weighted by atomic mass is 9.84. The van der Waals surface area contributed by atoms with Crippen LogP contribution in [0.25, 0.3) is 10.6 Å². The number of thiazole rings is 1. The van der Waals surface area contributed by atoms with Crippen LogP contribution >= 0.6 is 11.3 Å². The smallest absolute Gasteiger partial charge is 0.263 e. The van der Waals surface area contributed by atoms with Crippen LogP contribution in [0.1, 0.15) is 53.9 Å². The molecule has 0 saturated heterocycles. The number of benzene rings is 1. The summed E-state index contributed by atoms with van der Waals surface area (Å²) in [5.41, 5.74) is 7.20. The van der Waals surface area contributed by atoms with E-state index in [1.165, 1.54) is 30.6 Å². The van der Waals surface area contributed by atoms with E-state index in [1.807, 2.05) is 37.3 Å². The number of rotatable bonds is 6. The van der Waals surface area contributed by atoms with Crippen molar-refractivity contribution in [2.75, 3.05) is 0 Å². The van der Waals surface area contributed by atoms with Crippen molar-refractivity contribution in [1.82, 2.24) is 10.3 Å². The maximum Gasteiger partial charge on any atom is 0.263 e. The number of nitrogens with zero attached hydrogens (tertiary/aromatic N) is 1. The molecular formula is C20H25N3O2S. The number of carbonyl (C=O) groups excluding carboxylic acids is 2. The third kappa shape index (κ3) is 4.49. The van der Waals surface area contributed by atoms with Crippen molar-refractivity contribution in [2.45, 2.75) is 51.5 Å². The first kappa shape index (κ1) is 18.6. The number of nitrogens with one attached hydrogen (secondary N) is 1. The van der Waals surface area contributed by atoms with Crippen LogP contribution < -0.4 is 11.1 Å². The van der Waals surface area contributed by atoms with Crippen molar-refractivity contribution < 1.29 is 9.59 Å². The highest BCUT2D eigenvalue weighted by molar-refractivity contribution is 7.17. The number of hydrogen-bond donors (Lipinski definition) is 2. The minimum Gasteiger partial charge on any atom is -0.368 e. The van der Waals surface area contributed by atoms with Crippen LogP contribution in [0.2, 0.25) is 0 Å². The topological polar surface area (TPSA) is 85.1 Å². The highest BCUT2D eigenvalue weighted by Crippen LogP contribution is 2.29. The van der Waals surface area contributed by atoms with Crippen molar-refractivity contribution in [3.63, 3.8) is 0 Å². The van der Waals surface area contributed by atoms with Gasteiger partial charge in [-0.15, -0.1) is 11.3 Å². The molecule has 1 saturated carbocycles. The molecule has 1 aliphatic carbocycles. The SMILES string of the molecule is Cc1nc(-c2ccccc2)sc1C(=O)N[C@@H](CC1CCCCC1)C(N)=O. The van der Waals surface area contributed by atoms with Gasteiger partial charge in [-0.2, -0.15) is 0 Å². The minimum absolute atomic E-state index is 0.262. The molecule has 0 radical (unpaired) electrons. The van der Waals surface area contributed by atoms with E-state index in [4.69, 9.17) is 5.73 Å². The Morgan fingerprint density at radius 1 is 1.23 bits per heavy atom. The molecule has 5 nitrogen and oxygen atoms in total. The second-order valence-corrected chi connectivity index (χ2v) is 7.97. The third-order valence-corrected chi connectivity index (χ3v) is 6.17. The van der Waals surface area contributed by atoms with E-state index < -0.39 is 11.9 Å². The number of carbonyl (C=O) groups is 2. The molecule has 0 aliphatic heterocycles. The number of aromatic nitrogens is 1. The molecule has 1 fully saturated rings. The van der Waals surface area contributed by atoms with E-state index in [9.17, 15) is 9.59 Å². The summed E-state index contributed by atoms with van der Waals surface area (Å²) in [6.07, 6.45) is 6.49. The molecule has 2 aromatic rings. The van der Waals surface area contributed by atoms with Crippen LogP contribution in [0, 0.1) is 12.8 Å². The van der Waals surface area contributed by atoms with Gasteiger partial charge in [0.05, 0.1) is 5.69 Å². The Morgan fingerprint density at radius 3 is 2.58 bits per heavy atom. The fourth-order valence-electron chi connectivity index (χ4n) is 3.54. The Bertz CT molecular complexity index is 767. The Hall–Kier alpha value is -2.21. The van der Waals surface area contributed by atoms with Gasteiger partial charge in [0.1, 0.15) is 15.9 Å². The molecule has 2 amide bonds. The Morgan fingerprint density at radius 2 is 1.92 bits per heavy atom. The highest BCUT2D eigenvalue weighted by atomic mass is 32.1. The summed E-state index contributed by atoms with van der Waals surface area (Å²) in [5.74, 6) is -0.264. The molecule has 0 spiro atoms. The van der Waals surface area contributed by atoms with Gasteiger partial charge in [0, 0.05) is 5.56 Å². The van der Waals surface area contributed by atoms with Crippen molar-refractivity contribution in [3.05, 3.63) is 40.9 Å². The van der Waals surface area contributed by atoms with Crippen molar-refractivity contribution in [2.24, 2.45) is 11.7 Å². The third-order valence-electron chi connectivity index (χ3n) is 4.97. The van der Waals surface area contributed by atoms with Gasteiger partial charge in [-0.05, 0) is 19.3 Å². The van der Waals surface area contributed by atoms with Gasteiger partial charge >= 0.3 is 0 Å². The van der Waals surface area contributed by atoms with E-state index in [0.717, 1.165) is 23.4 Å². The highest BCUT2D eigenvalue weighted by Gasteiger charge is 2.26. The van der Waals surface area contributed by atoms with Gasteiger partial charge in [0.2, 0.25) is 5.91 Å².